The van der Waals surface area contributed by atoms with Crippen LogP contribution in [0.15, 0.2) is 48.8 Å². The van der Waals surface area contributed by atoms with E-state index in [9.17, 15) is 14.7 Å². The summed E-state index contributed by atoms with van der Waals surface area (Å²) >= 11 is 0. The number of carboxylic acids is 1. The molecule has 188 valence electrons. The Kier molecular flexibility index (Phi) is 6.55. The molecule has 5 rings (SSSR count). The van der Waals surface area contributed by atoms with E-state index in [1.54, 1.807) is 12.3 Å². The summed E-state index contributed by atoms with van der Waals surface area (Å²) in [4.78, 5) is 29.2. The first-order valence-corrected chi connectivity index (χ1v) is 12.5. The molecule has 2 aliphatic heterocycles. The number of benzene rings is 2. The molecule has 8 nitrogen and oxygen atoms in total. The number of aromatic nitrogens is 1. The minimum absolute atomic E-state index is 0.0658. The van der Waals surface area contributed by atoms with Crippen molar-refractivity contribution in [1.82, 2.24) is 14.4 Å². The molecule has 3 heterocycles. The Bertz CT molecular complexity index is 1350. The van der Waals surface area contributed by atoms with Crippen LogP contribution in [0.1, 0.15) is 41.3 Å². The summed E-state index contributed by atoms with van der Waals surface area (Å²) in [5, 5.41) is 16.7. The number of carboxylic acid groups (broad SMARTS) is 1. The zero-order valence-electron chi connectivity index (χ0n) is 21.0. The van der Waals surface area contributed by atoms with Gasteiger partial charge < -0.3 is 25.2 Å². The lowest BCUT2D eigenvalue weighted by atomic mass is 9.91. The fraction of sp³-hybridized carbons (Fsp3) is 0.357. The monoisotopic (exact) mass is 487 g/mol. The Hall–Kier alpha value is -3.62. The number of amides is 1. The van der Waals surface area contributed by atoms with Crippen LogP contribution in [0.4, 0.5) is 11.4 Å². The molecule has 36 heavy (non-hydrogen) atoms. The predicted octanol–water partition coefficient (Wildman–Crippen LogP) is 4.12. The van der Waals surface area contributed by atoms with Gasteiger partial charge in [0, 0.05) is 73.8 Å². The number of nitrogens with zero attached hydrogens (tertiary/aromatic N) is 3. The largest absolute Gasteiger partial charge is 0.478 e. The normalized spacial score (nSPS) is 17.7. The van der Waals surface area contributed by atoms with Gasteiger partial charge >= 0.3 is 5.97 Å². The van der Waals surface area contributed by atoms with Gasteiger partial charge in [-0.15, -0.1) is 0 Å². The van der Waals surface area contributed by atoms with Crippen LogP contribution >= 0.6 is 0 Å². The third-order valence-electron chi connectivity index (χ3n) is 7.21. The van der Waals surface area contributed by atoms with E-state index in [0.29, 0.717) is 11.3 Å². The molecule has 2 aromatic carbocycles. The van der Waals surface area contributed by atoms with Gasteiger partial charge in [-0.2, -0.15) is 0 Å². The average molecular weight is 488 g/mol. The van der Waals surface area contributed by atoms with Gasteiger partial charge in [0.1, 0.15) is 0 Å². The number of hydrogen-bond acceptors (Lipinski definition) is 5. The smallest absolute Gasteiger partial charge is 0.335 e. The molecule has 0 aliphatic carbocycles. The maximum Gasteiger partial charge on any atom is 0.335 e. The molecular weight excluding hydrogens is 454 g/mol. The van der Waals surface area contributed by atoms with Crippen molar-refractivity contribution < 1.29 is 14.7 Å². The van der Waals surface area contributed by atoms with Crippen LogP contribution < -0.4 is 10.6 Å². The number of rotatable bonds is 7. The van der Waals surface area contributed by atoms with Crippen LogP contribution in [0.25, 0.3) is 16.5 Å². The number of anilines is 2. The van der Waals surface area contributed by atoms with Gasteiger partial charge in [-0.05, 0) is 54.9 Å². The van der Waals surface area contributed by atoms with E-state index in [1.807, 2.05) is 19.9 Å². The molecule has 0 atom stereocenters. The van der Waals surface area contributed by atoms with E-state index in [1.165, 1.54) is 11.6 Å². The summed E-state index contributed by atoms with van der Waals surface area (Å²) in [5.41, 5.74) is 4.92. The number of carbonyl (C=O) groups excluding carboxylic acids is 1. The van der Waals surface area contributed by atoms with Gasteiger partial charge in [-0.25, -0.2) is 4.79 Å². The topological polar surface area (TPSA) is 89.8 Å². The summed E-state index contributed by atoms with van der Waals surface area (Å²) in [5.74, 6) is -1.18. The van der Waals surface area contributed by atoms with Gasteiger partial charge in [0.25, 0.3) is 5.91 Å². The van der Waals surface area contributed by atoms with Crippen LogP contribution in [0.5, 0.6) is 0 Å². The third-order valence-corrected chi connectivity index (χ3v) is 7.21. The minimum Gasteiger partial charge on any atom is -0.478 e. The SMILES string of the molecule is CC(C)c1cc(C(=O)O)cc2c1/C(=C/Nc1ccc3c(ccn3CCN3CCN(C)CC3)c1)C(=O)N2. The van der Waals surface area contributed by atoms with Gasteiger partial charge in [-0.1, -0.05) is 13.8 Å². The van der Waals surface area contributed by atoms with E-state index in [4.69, 9.17) is 0 Å². The van der Waals surface area contributed by atoms with Gasteiger partial charge in [0.2, 0.25) is 0 Å². The highest BCUT2D eigenvalue weighted by Gasteiger charge is 2.29. The molecule has 3 aromatic rings. The number of fused-ring (bicyclic) bond motifs is 2. The van der Waals surface area contributed by atoms with Crippen LogP contribution in [-0.4, -0.2) is 71.1 Å². The standard InChI is InChI=1S/C28H33N5O3/c1-18(2)22-15-20(28(35)36)16-24-26(22)23(27(34)30-24)17-29-21-4-5-25-19(14-21)6-7-33(25)13-12-32-10-8-31(3)9-11-32/h4-7,14-18,29H,8-13H2,1-3H3,(H,30,34)(H,35,36)/b23-17-. The zero-order valence-corrected chi connectivity index (χ0v) is 21.0. The molecule has 1 saturated heterocycles. The van der Waals surface area contributed by atoms with Crippen LogP contribution in [0.2, 0.25) is 0 Å². The molecule has 0 unspecified atom stereocenters. The van der Waals surface area contributed by atoms with Crippen molar-refractivity contribution in [2.45, 2.75) is 26.3 Å². The van der Waals surface area contributed by atoms with Crippen LogP contribution in [0.3, 0.4) is 0 Å². The van der Waals surface area contributed by atoms with Crippen molar-refractivity contribution >= 4 is 39.7 Å². The van der Waals surface area contributed by atoms with E-state index < -0.39 is 5.97 Å². The lowest BCUT2D eigenvalue weighted by Crippen LogP contribution is -2.45. The summed E-state index contributed by atoms with van der Waals surface area (Å²) in [7, 11) is 2.18. The average Bonchev–Trinajstić information content (AvgIpc) is 3.40. The van der Waals surface area contributed by atoms with Crippen molar-refractivity contribution in [2.24, 2.45) is 0 Å². The zero-order chi connectivity index (χ0) is 25.4. The third kappa shape index (κ3) is 4.74. The van der Waals surface area contributed by atoms with Crippen molar-refractivity contribution in [3.8, 4) is 0 Å². The molecule has 1 aromatic heterocycles. The van der Waals surface area contributed by atoms with E-state index in [-0.39, 0.29) is 17.4 Å². The lowest BCUT2D eigenvalue weighted by molar-refractivity contribution is -0.110. The summed E-state index contributed by atoms with van der Waals surface area (Å²) in [6.07, 6.45) is 3.86. The molecule has 0 radical (unpaired) electrons. The number of piperazine rings is 1. The molecule has 3 N–H and O–H groups in total. The van der Waals surface area contributed by atoms with Crippen LogP contribution in [-0.2, 0) is 11.3 Å². The first-order chi connectivity index (χ1) is 17.3. The summed E-state index contributed by atoms with van der Waals surface area (Å²) in [6.45, 7) is 10.5. The fourth-order valence-electron chi connectivity index (χ4n) is 5.04. The molecule has 0 spiro atoms. The number of likely N-dealkylation sites (N-methyl/N-ethyl adjacent to an activating group) is 1. The number of nitrogens with one attached hydrogen (secondary N) is 2. The Morgan fingerprint density at radius 2 is 1.89 bits per heavy atom. The van der Waals surface area contributed by atoms with Crippen molar-refractivity contribution in [3.05, 3.63) is 65.5 Å². The maximum absolute atomic E-state index is 12.8. The second kappa shape index (κ2) is 9.79. The molecule has 1 fully saturated rings. The Morgan fingerprint density at radius 3 is 2.61 bits per heavy atom. The lowest BCUT2D eigenvalue weighted by Gasteiger charge is -2.32. The van der Waals surface area contributed by atoms with Crippen molar-refractivity contribution in [3.63, 3.8) is 0 Å². The maximum atomic E-state index is 12.8. The van der Waals surface area contributed by atoms with E-state index in [0.717, 1.165) is 61.5 Å². The number of carbonyl (C=O) groups is 2. The first-order valence-electron chi connectivity index (χ1n) is 12.5. The quantitative estimate of drug-likeness (QED) is 0.435. The molecule has 0 saturated carbocycles. The highest BCUT2D eigenvalue weighted by atomic mass is 16.4. The molecule has 2 aliphatic rings. The minimum atomic E-state index is -1.01. The highest BCUT2D eigenvalue weighted by Crippen LogP contribution is 2.39. The Balaban J connectivity index is 1.34. The molecule has 8 heteroatoms. The first kappa shape index (κ1) is 24.1. The van der Waals surface area contributed by atoms with Gasteiger partial charge in [-0.3, -0.25) is 9.69 Å². The second-order valence-electron chi connectivity index (χ2n) is 10.0. The molecular formula is C28H33N5O3. The number of aromatic carboxylic acids is 1. The van der Waals surface area contributed by atoms with Crippen molar-refractivity contribution in [1.29, 1.82) is 0 Å². The van der Waals surface area contributed by atoms with Gasteiger partial charge in [0.05, 0.1) is 16.8 Å². The summed E-state index contributed by atoms with van der Waals surface area (Å²) in [6, 6.07) is 11.5. The molecule has 0 bridgehead atoms. The Morgan fingerprint density at radius 1 is 1.11 bits per heavy atom. The molecule has 1 amide bonds. The van der Waals surface area contributed by atoms with Gasteiger partial charge in [0.15, 0.2) is 0 Å². The van der Waals surface area contributed by atoms with Crippen molar-refractivity contribution in [2.75, 3.05) is 50.4 Å². The van der Waals surface area contributed by atoms with E-state index >= 15 is 0 Å². The predicted molar refractivity (Wildman–Crippen MR) is 144 cm³/mol. The second-order valence-corrected chi connectivity index (χ2v) is 10.0. The van der Waals surface area contributed by atoms with E-state index in [2.05, 4.69) is 56.4 Å². The highest BCUT2D eigenvalue weighted by molar-refractivity contribution is 6.32. The Labute approximate surface area is 211 Å². The fourth-order valence-corrected chi connectivity index (χ4v) is 5.04. The van der Waals surface area contributed by atoms with Crippen LogP contribution in [0, 0.1) is 0 Å². The summed E-state index contributed by atoms with van der Waals surface area (Å²) < 4.78 is 2.30. The number of hydrogen-bond donors (Lipinski definition) is 3.